The Bertz CT molecular complexity index is 1190. The maximum Gasteiger partial charge on any atom is 0.407 e. The third kappa shape index (κ3) is 5.19. The molecule has 1 aliphatic heterocycles. The van der Waals surface area contributed by atoms with Crippen molar-refractivity contribution >= 4 is 18.1 Å². The van der Waals surface area contributed by atoms with Crippen molar-refractivity contribution in [2.24, 2.45) is 29.6 Å². The highest BCUT2D eigenvalue weighted by molar-refractivity contribution is 5.82. The van der Waals surface area contributed by atoms with Crippen molar-refractivity contribution in [2.45, 2.75) is 44.7 Å². The Labute approximate surface area is 223 Å². The summed E-state index contributed by atoms with van der Waals surface area (Å²) in [4.78, 5) is 31.5. The molecule has 8 heteroatoms. The van der Waals surface area contributed by atoms with E-state index in [1.54, 1.807) is 19.2 Å². The van der Waals surface area contributed by atoms with Gasteiger partial charge in [0.05, 0.1) is 24.8 Å². The van der Waals surface area contributed by atoms with E-state index in [-0.39, 0.29) is 48.3 Å². The van der Waals surface area contributed by atoms with Crippen LogP contribution in [0.3, 0.4) is 0 Å². The number of hydrogen-bond donors (Lipinski definition) is 2. The summed E-state index contributed by atoms with van der Waals surface area (Å²) in [6.07, 6.45) is 9.09. The topological polar surface area (TPSA) is 91.8 Å². The summed E-state index contributed by atoms with van der Waals surface area (Å²) in [5.74, 6) is 0.177. The zero-order chi connectivity index (χ0) is 26.8. The van der Waals surface area contributed by atoms with Gasteiger partial charge < -0.3 is 20.1 Å². The third-order valence-electron chi connectivity index (χ3n) is 8.82. The van der Waals surface area contributed by atoms with Crippen LogP contribution in [0.25, 0.3) is 17.2 Å². The van der Waals surface area contributed by atoms with Crippen molar-refractivity contribution in [2.75, 3.05) is 20.3 Å². The van der Waals surface area contributed by atoms with Crippen molar-refractivity contribution in [3.8, 4) is 11.1 Å². The first-order chi connectivity index (χ1) is 18.4. The molecule has 2 saturated carbocycles. The predicted octanol–water partition coefficient (Wildman–Crippen LogP) is 4.52. The Morgan fingerprint density at radius 3 is 2.79 bits per heavy atom. The van der Waals surface area contributed by atoms with Crippen LogP contribution in [0.1, 0.15) is 38.3 Å². The van der Waals surface area contributed by atoms with Crippen molar-refractivity contribution in [1.82, 2.24) is 15.2 Å². The van der Waals surface area contributed by atoms with Gasteiger partial charge in [0.2, 0.25) is 5.91 Å². The van der Waals surface area contributed by atoms with E-state index in [2.05, 4.69) is 16.4 Å². The molecule has 2 aliphatic carbocycles. The number of carbonyl (C=O) groups is 2. The molecule has 2 heterocycles. The highest BCUT2D eigenvalue weighted by Crippen LogP contribution is 2.53. The van der Waals surface area contributed by atoms with Crippen LogP contribution in [-0.2, 0) is 9.53 Å². The number of rotatable bonds is 6. The number of pyridine rings is 1. The first-order valence-corrected chi connectivity index (χ1v) is 13.6. The number of alkyl carbamates (subject to hydrolysis) is 1. The minimum atomic E-state index is -0.403. The Morgan fingerprint density at radius 1 is 1.24 bits per heavy atom. The number of nitrogens with one attached hydrogen (secondary N) is 1. The number of likely N-dealkylation sites (tertiary alicyclic amines) is 1. The van der Waals surface area contributed by atoms with E-state index >= 15 is 0 Å². The fraction of sp³-hybridized carbons (Fsp3) is 0.500. The molecule has 0 spiro atoms. The van der Waals surface area contributed by atoms with Crippen LogP contribution in [0.2, 0.25) is 0 Å². The smallest absolute Gasteiger partial charge is 0.407 e. The average molecular weight is 522 g/mol. The lowest BCUT2D eigenvalue weighted by Crippen LogP contribution is -2.50. The van der Waals surface area contributed by atoms with Gasteiger partial charge in [-0.25, -0.2) is 9.18 Å². The SMILES string of the molecule is CCOC(=O)N[C@@H]1CC[C@@H]2[C@@H](C1)C[C@@H]1[C@H]([C@H]2C=Cc2ccc(-c3cccc(F)c3)cn2)[C@@H](CO)C(=O)N1C. The van der Waals surface area contributed by atoms with Gasteiger partial charge in [0.1, 0.15) is 5.82 Å². The molecule has 1 aromatic heterocycles. The molecule has 1 saturated heterocycles. The van der Waals surface area contributed by atoms with E-state index in [0.29, 0.717) is 18.4 Å². The van der Waals surface area contributed by atoms with Crippen molar-refractivity contribution in [3.05, 3.63) is 60.2 Å². The van der Waals surface area contributed by atoms with Gasteiger partial charge in [-0.05, 0) is 86.1 Å². The summed E-state index contributed by atoms with van der Waals surface area (Å²) < 4.78 is 18.7. The van der Waals surface area contributed by atoms with Crippen LogP contribution >= 0.6 is 0 Å². The molecule has 7 nitrogen and oxygen atoms in total. The second-order valence-corrected chi connectivity index (χ2v) is 10.8. The summed E-state index contributed by atoms with van der Waals surface area (Å²) in [6, 6.07) is 10.4. The second kappa shape index (κ2) is 11.2. The van der Waals surface area contributed by atoms with Gasteiger partial charge in [-0.1, -0.05) is 24.3 Å². The number of carbonyl (C=O) groups excluding carboxylic acids is 2. The minimum Gasteiger partial charge on any atom is -0.450 e. The first-order valence-electron chi connectivity index (χ1n) is 13.6. The molecule has 202 valence electrons. The second-order valence-electron chi connectivity index (χ2n) is 10.8. The largest absolute Gasteiger partial charge is 0.450 e. The first kappa shape index (κ1) is 26.4. The molecular weight excluding hydrogens is 485 g/mol. The average Bonchev–Trinajstić information content (AvgIpc) is 3.15. The maximum absolute atomic E-state index is 13.6. The molecule has 0 unspecified atom stereocenters. The number of aliphatic hydroxyl groups is 1. The number of ether oxygens (including phenoxy) is 1. The van der Waals surface area contributed by atoms with E-state index in [9.17, 15) is 19.1 Å². The van der Waals surface area contributed by atoms with Gasteiger partial charge in [-0.2, -0.15) is 0 Å². The molecule has 5 rings (SSSR count). The van der Waals surface area contributed by atoms with Crippen LogP contribution in [0, 0.1) is 35.4 Å². The Morgan fingerprint density at radius 2 is 2.08 bits per heavy atom. The number of amides is 2. The molecule has 0 radical (unpaired) electrons. The number of allylic oxidation sites excluding steroid dienone is 1. The number of hydrogen-bond acceptors (Lipinski definition) is 5. The van der Waals surface area contributed by atoms with Crippen LogP contribution in [0.15, 0.2) is 48.7 Å². The molecule has 3 fully saturated rings. The monoisotopic (exact) mass is 521 g/mol. The third-order valence-corrected chi connectivity index (χ3v) is 8.82. The maximum atomic E-state index is 13.6. The van der Waals surface area contributed by atoms with Gasteiger partial charge in [0.25, 0.3) is 0 Å². The fourth-order valence-electron chi connectivity index (χ4n) is 7.11. The van der Waals surface area contributed by atoms with Crippen LogP contribution in [-0.4, -0.2) is 59.3 Å². The molecule has 1 aromatic carbocycles. The number of aliphatic hydroxyl groups excluding tert-OH is 1. The predicted molar refractivity (Wildman–Crippen MR) is 142 cm³/mol. The zero-order valence-electron chi connectivity index (χ0n) is 21.9. The fourth-order valence-corrected chi connectivity index (χ4v) is 7.11. The summed E-state index contributed by atoms with van der Waals surface area (Å²) >= 11 is 0. The molecular formula is C30H36FN3O4. The number of nitrogens with zero attached hydrogens (tertiary/aromatic N) is 2. The molecule has 38 heavy (non-hydrogen) atoms. The molecule has 0 bridgehead atoms. The lowest BCUT2D eigenvalue weighted by Gasteiger charge is -2.49. The lowest BCUT2D eigenvalue weighted by molar-refractivity contribution is -0.131. The molecule has 2 N–H and O–H groups in total. The Balaban J connectivity index is 1.38. The van der Waals surface area contributed by atoms with E-state index in [4.69, 9.17) is 4.74 Å². The highest BCUT2D eigenvalue weighted by atomic mass is 19.1. The van der Waals surface area contributed by atoms with Crippen LogP contribution < -0.4 is 5.32 Å². The molecule has 2 aromatic rings. The minimum absolute atomic E-state index is 0.0123. The number of aromatic nitrogens is 1. The summed E-state index contributed by atoms with van der Waals surface area (Å²) in [7, 11) is 1.85. The molecule has 3 aliphatic rings. The van der Waals surface area contributed by atoms with E-state index in [1.165, 1.54) is 12.1 Å². The van der Waals surface area contributed by atoms with E-state index in [1.807, 2.05) is 36.2 Å². The molecule has 7 atom stereocenters. The van der Waals surface area contributed by atoms with Gasteiger partial charge in [0, 0.05) is 30.9 Å². The summed E-state index contributed by atoms with van der Waals surface area (Å²) in [5, 5.41) is 13.2. The highest BCUT2D eigenvalue weighted by Gasteiger charge is 2.56. The number of halogens is 1. The Kier molecular flexibility index (Phi) is 7.79. The van der Waals surface area contributed by atoms with E-state index < -0.39 is 5.92 Å². The normalized spacial score (nSPS) is 30.7. The summed E-state index contributed by atoms with van der Waals surface area (Å²) in [6.45, 7) is 1.98. The van der Waals surface area contributed by atoms with Gasteiger partial charge >= 0.3 is 6.09 Å². The number of fused-ring (bicyclic) bond motifs is 2. The lowest BCUT2D eigenvalue weighted by atomic mass is 9.57. The standard InChI is InChI=1S/C30H36FN3O4/c1-3-38-30(37)33-23-10-11-24-20(14-23)15-27-28(26(17-35)29(36)34(27)2)25(24)12-9-22-8-7-19(16-32-22)18-5-4-6-21(31)13-18/h4-9,12-13,16,20,23-28,35H,3,10-11,14-15,17H2,1-2H3,(H,33,37)/t20-,23+,24+,25-,26+,27+,28+/m0/s1. The van der Waals surface area contributed by atoms with Gasteiger partial charge in [-0.15, -0.1) is 0 Å². The summed E-state index contributed by atoms with van der Waals surface area (Å²) in [5.41, 5.74) is 2.41. The van der Waals surface area contributed by atoms with Crippen molar-refractivity contribution in [1.29, 1.82) is 0 Å². The Hall–Kier alpha value is -3.26. The van der Waals surface area contributed by atoms with Crippen molar-refractivity contribution in [3.63, 3.8) is 0 Å². The van der Waals surface area contributed by atoms with Crippen LogP contribution in [0.5, 0.6) is 0 Å². The molecule has 2 amide bonds. The van der Waals surface area contributed by atoms with Crippen molar-refractivity contribution < 1.29 is 23.8 Å². The van der Waals surface area contributed by atoms with Gasteiger partial charge in [0.15, 0.2) is 0 Å². The van der Waals surface area contributed by atoms with Gasteiger partial charge in [-0.3, -0.25) is 9.78 Å². The zero-order valence-corrected chi connectivity index (χ0v) is 21.9. The quantitative estimate of drug-likeness (QED) is 0.583. The van der Waals surface area contributed by atoms with E-state index in [0.717, 1.165) is 42.5 Å². The van der Waals surface area contributed by atoms with Crippen LogP contribution in [0.4, 0.5) is 9.18 Å². The number of benzene rings is 1.